The maximum absolute atomic E-state index is 5.91. The number of aryl methyl sites for hydroxylation is 1. The van der Waals surface area contributed by atoms with Crippen LogP contribution < -0.4 is 4.90 Å². The molecule has 0 spiro atoms. The van der Waals surface area contributed by atoms with Gasteiger partial charge in [0.1, 0.15) is 17.9 Å². The van der Waals surface area contributed by atoms with Crippen LogP contribution in [0, 0.1) is 6.92 Å². The molecule has 1 atom stereocenters. The van der Waals surface area contributed by atoms with E-state index < -0.39 is 0 Å². The van der Waals surface area contributed by atoms with Gasteiger partial charge in [0.05, 0.1) is 12.1 Å². The van der Waals surface area contributed by atoms with Crippen LogP contribution in [-0.2, 0) is 4.74 Å². The molecule has 6 nitrogen and oxygen atoms in total. The SMILES string of the molecule is Cc1ccc2ncnc(N3CCOC(c4cccnc4)C3)c2n1. The second kappa shape index (κ2) is 5.89. The summed E-state index contributed by atoms with van der Waals surface area (Å²) in [5.74, 6) is 0.871. The molecule has 0 bridgehead atoms. The summed E-state index contributed by atoms with van der Waals surface area (Å²) in [5.41, 5.74) is 3.76. The Balaban J connectivity index is 1.69. The van der Waals surface area contributed by atoms with Crippen molar-refractivity contribution in [3.05, 3.63) is 54.2 Å². The number of morpholine rings is 1. The predicted octanol–water partition coefficient (Wildman–Crippen LogP) is 2.31. The average Bonchev–Trinajstić information content (AvgIpc) is 2.62. The second-order valence-corrected chi connectivity index (χ2v) is 5.61. The molecular formula is C17H17N5O. The first-order chi connectivity index (χ1) is 11.3. The van der Waals surface area contributed by atoms with E-state index in [0.717, 1.165) is 41.2 Å². The Bertz CT molecular complexity index is 824. The lowest BCUT2D eigenvalue weighted by Gasteiger charge is -2.34. The molecule has 6 heteroatoms. The first-order valence-corrected chi connectivity index (χ1v) is 7.66. The summed E-state index contributed by atoms with van der Waals surface area (Å²) in [7, 11) is 0. The van der Waals surface area contributed by atoms with Gasteiger partial charge in [0.2, 0.25) is 0 Å². The van der Waals surface area contributed by atoms with Crippen molar-refractivity contribution in [2.24, 2.45) is 0 Å². The van der Waals surface area contributed by atoms with Gasteiger partial charge in [-0.05, 0) is 25.1 Å². The highest BCUT2D eigenvalue weighted by atomic mass is 16.5. The summed E-state index contributed by atoms with van der Waals surface area (Å²) in [6.07, 6.45) is 5.22. The minimum absolute atomic E-state index is 0.00715. The van der Waals surface area contributed by atoms with Crippen molar-refractivity contribution < 1.29 is 4.74 Å². The van der Waals surface area contributed by atoms with Crippen LogP contribution in [0.25, 0.3) is 11.0 Å². The maximum atomic E-state index is 5.91. The quantitative estimate of drug-likeness (QED) is 0.724. The third-order valence-electron chi connectivity index (χ3n) is 4.02. The number of hydrogen-bond acceptors (Lipinski definition) is 6. The average molecular weight is 307 g/mol. The van der Waals surface area contributed by atoms with Gasteiger partial charge in [0, 0.05) is 36.7 Å². The lowest BCUT2D eigenvalue weighted by Crippen LogP contribution is -2.39. The van der Waals surface area contributed by atoms with Crippen molar-refractivity contribution >= 4 is 16.9 Å². The van der Waals surface area contributed by atoms with Crippen LogP contribution in [-0.4, -0.2) is 39.6 Å². The molecule has 23 heavy (non-hydrogen) atoms. The monoisotopic (exact) mass is 307 g/mol. The fourth-order valence-electron chi connectivity index (χ4n) is 2.87. The van der Waals surface area contributed by atoms with Crippen molar-refractivity contribution in [2.75, 3.05) is 24.6 Å². The van der Waals surface area contributed by atoms with Crippen molar-refractivity contribution in [1.82, 2.24) is 19.9 Å². The summed E-state index contributed by atoms with van der Waals surface area (Å²) in [4.78, 5) is 19.8. The predicted molar refractivity (Wildman–Crippen MR) is 87.2 cm³/mol. The largest absolute Gasteiger partial charge is 0.370 e. The Kier molecular flexibility index (Phi) is 3.59. The molecule has 0 aliphatic carbocycles. The lowest BCUT2D eigenvalue weighted by atomic mass is 10.1. The van der Waals surface area contributed by atoms with E-state index in [-0.39, 0.29) is 6.10 Å². The van der Waals surface area contributed by atoms with Crippen molar-refractivity contribution in [2.45, 2.75) is 13.0 Å². The molecule has 3 aromatic heterocycles. The van der Waals surface area contributed by atoms with Crippen LogP contribution in [0.2, 0.25) is 0 Å². The Morgan fingerprint density at radius 2 is 2.17 bits per heavy atom. The number of aromatic nitrogens is 4. The zero-order chi connectivity index (χ0) is 15.6. The molecule has 4 heterocycles. The topological polar surface area (TPSA) is 64.0 Å². The number of hydrogen-bond donors (Lipinski definition) is 0. The normalized spacial score (nSPS) is 18.3. The van der Waals surface area contributed by atoms with Crippen LogP contribution in [0.3, 0.4) is 0 Å². The zero-order valence-corrected chi connectivity index (χ0v) is 12.9. The fourth-order valence-corrected chi connectivity index (χ4v) is 2.87. The zero-order valence-electron chi connectivity index (χ0n) is 12.9. The van der Waals surface area contributed by atoms with E-state index in [9.17, 15) is 0 Å². The number of ether oxygens (including phenoxy) is 1. The lowest BCUT2D eigenvalue weighted by molar-refractivity contribution is 0.0394. The third kappa shape index (κ3) is 2.73. The highest BCUT2D eigenvalue weighted by Crippen LogP contribution is 2.27. The molecule has 1 fully saturated rings. The molecule has 1 saturated heterocycles. The molecular weight excluding hydrogens is 290 g/mol. The van der Waals surface area contributed by atoms with E-state index in [0.29, 0.717) is 6.61 Å². The van der Waals surface area contributed by atoms with Gasteiger partial charge in [-0.15, -0.1) is 0 Å². The van der Waals surface area contributed by atoms with E-state index in [4.69, 9.17) is 4.74 Å². The van der Waals surface area contributed by atoms with Gasteiger partial charge in [-0.1, -0.05) is 6.07 Å². The fraction of sp³-hybridized carbons (Fsp3) is 0.294. The van der Waals surface area contributed by atoms with Gasteiger partial charge >= 0.3 is 0 Å². The molecule has 0 aromatic carbocycles. The summed E-state index contributed by atoms with van der Waals surface area (Å²) in [6.45, 7) is 4.15. The van der Waals surface area contributed by atoms with Crippen LogP contribution in [0.1, 0.15) is 17.4 Å². The summed E-state index contributed by atoms with van der Waals surface area (Å²) < 4.78 is 5.91. The molecule has 4 rings (SSSR count). The van der Waals surface area contributed by atoms with Gasteiger partial charge < -0.3 is 9.64 Å². The number of nitrogens with zero attached hydrogens (tertiary/aromatic N) is 5. The molecule has 0 saturated carbocycles. The summed E-state index contributed by atoms with van der Waals surface area (Å²) in [6, 6.07) is 7.93. The molecule has 1 unspecified atom stereocenters. The Morgan fingerprint density at radius 3 is 3.04 bits per heavy atom. The van der Waals surface area contributed by atoms with E-state index >= 15 is 0 Å². The van der Waals surface area contributed by atoms with Crippen LogP contribution in [0.15, 0.2) is 43.0 Å². The maximum Gasteiger partial charge on any atom is 0.158 e. The number of pyridine rings is 2. The van der Waals surface area contributed by atoms with Crippen molar-refractivity contribution in [1.29, 1.82) is 0 Å². The van der Waals surface area contributed by atoms with E-state index in [2.05, 4.69) is 24.8 Å². The summed E-state index contributed by atoms with van der Waals surface area (Å²) in [5, 5.41) is 0. The highest BCUT2D eigenvalue weighted by molar-refractivity contribution is 5.85. The van der Waals surface area contributed by atoms with Crippen LogP contribution in [0.4, 0.5) is 5.82 Å². The number of anilines is 1. The van der Waals surface area contributed by atoms with Crippen LogP contribution in [0.5, 0.6) is 0 Å². The van der Waals surface area contributed by atoms with Gasteiger partial charge in [0.25, 0.3) is 0 Å². The first kappa shape index (κ1) is 14.0. The number of fused-ring (bicyclic) bond motifs is 1. The van der Waals surface area contributed by atoms with E-state index in [1.165, 1.54) is 0 Å². The molecule has 3 aromatic rings. The summed E-state index contributed by atoms with van der Waals surface area (Å²) >= 11 is 0. The molecule has 116 valence electrons. The van der Waals surface area contributed by atoms with Gasteiger partial charge in [-0.25, -0.2) is 15.0 Å². The molecule has 0 radical (unpaired) electrons. The van der Waals surface area contributed by atoms with Crippen molar-refractivity contribution in [3.63, 3.8) is 0 Å². The molecule has 1 aliphatic heterocycles. The van der Waals surface area contributed by atoms with Gasteiger partial charge in [0.15, 0.2) is 5.82 Å². The van der Waals surface area contributed by atoms with Crippen LogP contribution >= 0.6 is 0 Å². The van der Waals surface area contributed by atoms with E-state index in [1.54, 1.807) is 12.5 Å². The minimum Gasteiger partial charge on any atom is -0.370 e. The third-order valence-corrected chi connectivity index (χ3v) is 4.02. The number of rotatable bonds is 2. The highest BCUT2D eigenvalue weighted by Gasteiger charge is 2.24. The standard InChI is InChI=1S/C17H17N5O/c1-12-4-5-14-16(21-12)17(20-11-19-14)22-7-8-23-15(10-22)13-3-2-6-18-9-13/h2-6,9,11,15H,7-8,10H2,1H3. The first-order valence-electron chi connectivity index (χ1n) is 7.66. The smallest absolute Gasteiger partial charge is 0.158 e. The van der Waals surface area contributed by atoms with Gasteiger partial charge in [-0.3, -0.25) is 4.98 Å². The molecule has 1 aliphatic rings. The Morgan fingerprint density at radius 1 is 1.22 bits per heavy atom. The second-order valence-electron chi connectivity index (χ2n) is 5.61. The Labute approximate surface area is 134 Å². The van der Waals surface area contributed by atoms with Crippen molar-refractivity contribution in [3.8, 4) is 0 Å². The molecule has 0 amide bonds. The minimum atomic E-state index is -0.00715. The van der Waals surface area contributed by atoms with Gasteiger partial charge in [-0.2, -0.15) is 0 Å². The Hall–Kier alpha value is -2.60. The molecule has 0 N–H and O–H groups in total. The van der Waals surface area contributed by atoms with E-state index in [1.807, 2.05) is 37.4 Å².